The summed E-state index contributed by atoms with van der Waals surface area (Å²) in [5, 5.41) is 16.9. The van der Waals surface area contributed by atoms with Crippen LogP contribution in [0.25, 0.3) is 0 Å². The summed E-state index contributed by atoms with van der Waals surface area (Å²) in [5.41, 5.74) is 0. The summed E-state index contributed by atoms with van der Waals surface area (Å²) in [6, 6.07) is 0. The van der Waals surface area contributed by atoms with Crippen molar-refractivity contribution in [3.05, 3.63) is 12.8 Å². The Kier molecular flexibility index (Phi) is 2.36. The number of ether oxygens (including phenoxy) is 1. The third kappa shape index (κ3) is 2.84. The Hall–Kier alpha value is -0.870. The maximum atomic E-state index is 10.3. The van der Waals surface area contributed by atoms with Gasteiger partial charge in [0, 0.05) is 6.92 Å². The smallest absolute Gasteiger partial charge is 0.370 e. The van der Waals surface area contributed by atoms with E-state index in [4.69, 9.17) is 10.2 Å². The summed E-state index contributed by atoms with van der Waals surface area (Å²) >= 11 is 0. The fourth-order valence-corrected chi connectivity index (χ4v) is 0.187. The van der Waals surface area contributed by atoms with E-state index in [1.165, 1.54) is 0 Å². The van der Waals surface area contributed by atoms with Gasteiger partial charge in [0.05, 0.1) is 6.26 Å². The Morgan fingerprint density at radius 1 is 1.78 bits per heavy atom. The van der Waals surface area contributed by atoms with E-state index < -0.39 is 11.8 Å². The van der Waals surface area contributed by atoms with Crippen molar-refractivity contribution >= 4 is 5.97 Å². The Labute approximate surface area is 52.4 Å². The maximum absolute atomic E-state index is 10.3. The van der Waals surface area contributed by atoms with Gasteiger partial charge in [-0.25, -0.2) is 4.79 Å². The van der Waals surface area contributed by atoms with Crippen molar-refractivity contribution in [2.75, 3.05) is 0 Å². The highest BCUT2D eigenvalue weighted by atomic mass is 16.6. The number of hydrogen-bond donors (Lipinski definition) is 2. The van der Waals surface area contributed by atoms with Crippen LogP contribution in [0.15, 0.2) is 12.8 Å². The normalized spacial score (nSPS) is 10.6. The first-order chi connectivity index (χ1) is 3.98. The van der Waals surface area contributed by atoms with Crippen LogP contribution in [0, 0.1) is 0 Å². The molecule has 0 saturated carbocycles. The number of carbonyl (C=O) groups excluding carboxylic acids is 1. The molecule has 0 aliphatic heterocycles. The van der Waals surface area contributed by atoms with Crippen molar-refractivity contribution in [3.63, 3.8) is 0 Å². The van der Waals surface area contributed by atoms with Crippen molar-refractivity contribution in [1.82, 2.24) is 0 Å². The zero-order chi connectivity index (χ0) is 7.49. The van der Waals surface area contributed by atoms with E-state index in [0.717, 1.165) is 13.2 Å². The lowest BCUT2D eigenvalue weighted by Gasteiger charge is -2.10. The predicted molar refractivity (Wildman–Crippen MR) is 29.1 cm³/mol. The molecule has 0 atom stereocenters. The highest BCUT2D eigenvalue weighted by molar-refractivity contribution is 5.76. The zero-order valence-electron chi connectivity index (χ0n) is 5.00. The zero-order valence-corrected chi connectivity index (χ0v) is 5.00. The molecule has 0 rings (SSSR count). The summed E-state index contributed by atoms with van der Waals surface area (Å²) in [6.45, 7) is 3.95. The van der Waals surface area contributed by atoms with Crippen molar-refractivity contribution in [2.24, 2.45) is 0 Å². The molecule has 0 spiro atoms. The van der Waals surface area contributed by atoms with Crippen LogP contribution in [0.1, 0.15) is 6.92 Å². The molecular weight excluding hydrogens is 124 g/mol. The molecule has 0 saturated heterocycles. The van der Waals surface area contributed by atoms with Crippen molar-refractivity contribution in [1.29, 1.82) is 0 Å². The average molecular weight is 132 g/mol. The summed E-state index contributed by atoms with van der Waals surface area (Å²) in [5.74, 6) is -3.56. The summed E-state index contributed by atoms with van der Waals surface area (Å²) in [7, 11) is 0. The second kappa shape index (κ2) is 2.61. The number of rotatable bonds is 2. The molecule has 0 amide bonds. The van der Waals surface area contributed by atoms with E-state index >= 15 is 0 Å². The molecule has 52 valence electrons. The molecule has 0 bridgehead atoms. The van der Waals surface area contributed by atoms with E-state index in [1.54, 1.807) is 0 Å². The van der Waals surface area contributed by atoms with E-state index in [-0.39, 0.29) is 0 Å². The molecular formula is C5H8O4. The second-order valence-electron chi connectivity index (χ2n) is 1.59. The van der Waals surface area contributed by atoms with Crippen molar-refractivity contribution in [2.45, 2.75) is 12.7 Å². The molecule has 0 aliphatic rings. The van der Waals surface area contributed by atoms with Gasteiger partial charge in [-0.3, -0.25) is 0 Å². The largest absolute Gasteiger partial charge is 0.431 e. The molecule has 4 heteroatoms. The average Bonchev–Trinajstić information content (AvgIpc) is 1.64. The first-order valence-electron chi connectivity index (χ1n) is 2.25. The van der Waals surface area contributed by atoms with Crippen LogP contribution in [-0.4, -0.2) is 22.0 Å². The summed E-state index contributed by atoms with van der Waals surface area (Å²) < 4.78 is 4.03. The molecule has 0 radical (unpaired) electrons. The number of esters is 1. The van der Waals surface area contributed by atoms with Gasteiger partial charge in [0.1, 0.15) is 0 Å². The van der Waals surface area contributed by atoms with E-state index in [1.807, 2.05) is 0 Å². The van der Waals surface area contributed by atoms with E-state index in [2.05, 4.69) is 11.3 Å². The standard InChI is InChI=1S/C5H8O4/c1-3-9-4(6)5(2,7)8/h3,7-8H,1H2,2H3. The molecule has 9 heavy (non-hydrogen) atoms. The van der Waals surface area contributed by atoms with Gasteiger partial charge in [0.2, 0.25) is 0 Å². The van der Waals surface area contributed by atoms with Crippen molar-refractivity contribution in [3.8, 4) is 0 Å². The van der Waals surface area contributed by atoms with Gasteiger partial charge in [0.15, 0.2) is 0 Å². The SMILES string of the molecule is C=COC(=O)C(C)(O)O. The van der Waals surface area contributed by atoms with E-state index in [9.17, 15) is 4.79 Å². The Bertz CT molecular complexity index is 121. The molecule has 0 unspecified atom stereocenters. The molecule has 0 heterocycles. The minimum Gasteiger partial charge on any atom is -0.431 e. The molecule has 0 fully saturated rings. The van der Waals surface area contributed by atoms with Crippen LogP contribution < -0.4 is 0 Å². The van der Waals surface area contributed by atoms with E-state index in [0.29, 0.717) is 0 Å². The molecule has 4 nitrogen and oxygen atoms in total. The molecule has 0 aromatic carbocycles. The van der Waals surface area contributed by atoms with Crippen LogP contribution in [0.2, 0.25) is 0 Å². The molecule has 0 aliphatic carbocycles. The van der Waals surface area contributed by atoms with Crippen LogP contribution in [0.5, 0.6) is 0 Å². The number of hydrogen-bond acceptors (Lipinski definition) is 4. The fraction of sp³-hybridized carbons (Fsp3) is 0.400. The van der Waals surface area contributed by atoms with Crippen LogP contribution in [-0.2, 0) is 9.53 Å². The highest BCUT2D eigenvalue weighted by Crippen LogP contribution is 1.99. The van der Waals surface area contributed by atoms with Gasteiger partial charge in [-0.05, 0) is 0 Å². The minimum atomic E-state index is -2.42. The predicted octanol–water partition coefficient (Wildman–Crippen LogP) is -0.626. The molecule has 0 aromatic rings. The van der Waals surface area contributed by atoms with Gasteiger partial charge < -0.3 is 14.9 Å². The third-order valence-electron chi connectivity index (χ3n) is 0.577. The lowest BCUT2D eigenvalue weighted by Crippen LogP contribution is -2.35. The van der Waals surface area contributed by atoms with Gasteiger partial charge >= 0.3 is 5.97 Å². The lowest BCUT2D eigenvalue weighted by molar-refractivity contribution is -0.197. The Morgan fingerprint density at radius 2 is 2.22 bits per heavy atom. The van der Waals surface area contributed by atoms with Crippen LogP contribution in [0.3, 0.4) is 0 Å². The quantitative estimate of drug-likeness (QED) is 0.298. The topological polar surface area (TPSA) is 66.8 Å². The van der Waals surface area contributed by atoms with Gasteiger partial charge in [-0.1, -0.05) is 6.58 Å². The highest BCUT2D eigenvalue weighted by Gasteiger charge is 2.27. The number of aliphatic hydroxyl groups is 2. The van der Waals surface area contributed by atoms with Gasteiger partial charge in [-0.2, -0.15) is 0 Å². The number of carbonyl (C=O) groups is 1. The Morgan fingerprint density at radius 3 is 2.33 bits per heavy atom. The maximum Gasteiger partial charge on any atom is 0.370 e. The van der Waals surface area contributed by atoms with Gasteiger partial charge in [0.25, 0.3) is 5.79 Å². The first-order valence-corrected chi connectivity index (χ1v) is 2.25. The lowest BCUT2D eigenvalue weighted by atomic mass is 10.3. The Balaban J connectivity index is 3.88. The summed E-state index contributed by atoms with van der Waals surface area (Å²) in [6.07, 6.45) is 0.826. The second-order valence-corrected chi connectivity index (χ2v) is 1.59. The monoisotopic (exact) mass is 132 g/mol. The molecule has 0 aromatic heterocycles. The third-order valence-corrected chi connectivity index (χ3v) is 0.577. The van der Waals surface area contributed by atoms with Gasteiger partial charge in [-0.15, -0.1) is 0 Å². The van der Waals surface area contributed by atoms with Crippen molar-refractivity contribution < 1.29 is 19.7 Å². The first kappa shape index (κ1) is 8.13. The minimum absolute atomic E-state index is 0.826. The van der Waals surface area contributed by atoms with Crippen LogP contribution >= 0.6 is 0 Å². The van der Waals surface area contributed by atoms with Crippen LogP contribution in [0.4, 0.5) is 0 Å². The fourth-order valence-electron chi connectivity index (χ4n) is 0.187. The summed E-state index contributed by atoms with van der Waals surface area (Å²) in [4.78, 5) is 10.3. The molecule has 2 N–H and O–H groups in total.